The Labute approximate surface area is 68.7 Å². The summed E-state index contributed by atoms with van der Waals surface area (Å²) in [5.41, 5.74) is 0.218. The normalized spacial score (nSPS) is 10.2. The Bertz CT molecular complexity index is 293. The fraction of sp³-hybridized carbons (Fsp3) is 0.125. The monoisotopic (exact) mass is 168 g/mol. The molecule has 0 atom stereocenters. The van der Waals surface area contributed by atoms with E-state index in [9.17, 15) is 4.79 Å². The number of phenolic OH excluding ortho intramolecular Hbond substituents is 1. The Hall–Kier alpha value is -1.39. The molecule has 0 aliphatic heterocycles. The number of carbonyl (C=O) groups is 1. The lowest BCUT2D eigenvalue weighted by atomic mass is 10.1. The van der Waals surface area contributed by atoms with E-state index in [1.807, 2.05) is 0 Å². The van der Waals surface area contributed by atoms with E-state index in [1.54, 1.807) is 0 Å². The summed E-state index contributed by atoms with van der Waals surface area (Å²) in [5, 5.41) is 26.4. The Morgan fingerprint density at radius 1 is 1.33 bits per heavy atom. The summed E-state index contributed by atoms with van der Waals surface area (Å²) in [7, 11) is 0. The molecule has 1 rings (SSSR count). The standard InChI is InChI=1S/C8H8O4/c9-4-6-3-5(8(11)12)1-2-7(6)10/h1-4,8,10-12H. The third-order valence-corrected chi connectivity index (χ3v) is 1.48. The zero-order chi connectivity index (χ0) is 9.14. The predicted octanol–water partition coefficient (Wildman–Crippen LogP) is 0.188. The first-order chi connectivity index (χ1) is 5.65. The zero-order valence-electron chi connectivity index (χ0n) is 6.14. The van der Waals surface area contributed by atoms with E-state index in [4.69, 9.17) is 15.3 Å². The fourth-order valence-corrected chi connectivity index (χ4v) is 0.828. The van der Waals surface area contributed by atoms with E-state index >= 15 is 0 Å². The van der Waals surface area contributed by atoms with Crippen molar-refractivity contribution in [1.82, 2.24) is 0 Å². The predicted molar refractivity (Wildman–Crippen MR) is 40.7 cm³/mol. The molecule has 0 saturated carbocycles. The minimum absolute atomic E-state index is 0.0422. The molecular weight excluding hydrogens is 160 g/mol. The third kappa shape index (κ3) is 1.61. The Balaban J connectivity index is 3.13. The van der Waals surface area contributed by atoms with Gasteiger partial charge < -0.3 is 15.3 Å². The van der Waals surface area contributed by atoms with Gasteiger partial charge in [-0.2, -0.15) is 0 Å². The lowest BCUT2D eigenvalue weighted by Crippen LogP contribution is -1.95. The third-order valence-electron chi connectivity index (χ3n) is 1.48. The number of hydrogen-bond donors (Lipinski definition) is 3. The van der Waals surface area contributed by atoms with E-state index in [1.165, 1.54) is 18.2 Å². The molecule has 3 N–H and O–H groups in total. The summed E-state index contributed by atoms with van der Waals surface area (Å²) in [5.74, 6) is -0.172. The van der Waals surface area contributed by atoms with E-state index in [0.717, 1.165) is 0 Å². The van der Waals surface area contributed by atoms with Gasteiger partial charge in [0.05, 0.1) is 5.56 Å². The largest absolute Gasteiger partial charge is 0.507 e. The summed E-state index contributed by atoms with van der Waals surface area (Å²) in [6, 6.07) is 3.78. The van der Waals surface area contributed by atoms with Gasteiger partial charge in [-0.1, -0.05) is 6.07 Å². The molecule has 0 aromatic heterocycles. The molecule has 0 bridgehead atoms. The van der Waals surface area contributed by atoms with Gasteiger partial charge in [0.1, 0.15) is 5.75 Å². The Morgan fingerprint density at radius 3 is 2.50 bits per heavy atom. The molecule has 0 saturated heterocycles. The van der Waals surface area contributed by atoms with Crippen LogP contribution in [0.5, 0.6) is 5.75 Å². The van der Waals surface area contributed by atoms with Crippen molar-refractivity contribution in [2.24, 2.45) is 0 Å². The molecule has 0 heterocycles. The molecule has 0 amide bonds. The van der Waals surface area contributed by atoms with Gasteiger partial charge in [0.25, 0.3) is 0 Å². The van der Waals surface area contributed by atoms with Gasteiger partial charge in [-0.25, -0.2) is 0 Å². The number of rotatable bonds is 2. The van der Waals surface area contributed by atoms with Crippen LogP contribution in [0.25, 0.3) is 0 Å². The number of aliphatic hydroxyl groups excluding tert-OH is 1. The SMILES string of the molecule is O=Cc1cc(C(O)O)ccc1O. The highest BCUT2D eigenvalue weighted by Crippen LogP contribution is 2.19. The van der Waals surface area contributed by atoms with Gasteiger partial charge >= 0.3 is 0 Å². The maximum atomic E-state index is 10.3. The molecule has 1 aromatic rings. The highest BCUT2D eigenvalue weighted by molar-refractivity contribution is 5.79. The van der Waals surface area contributed by atoms with E-state index in [0.29, 0.717) is 6.29 Å². The molecule has 0 radical (unpaired) electrons. The van der Waals surface area contributed by atoms with Crippen LogP contribution in [0, 0.1) is 0 Å². The van der Waals surface area contributed by atoms with Crippen LogP contribution in [0.3, 0.4) is 0 Å². The highest BCUT2D eigenvalue weighted by Gasteiger charge is 2.05. The number of aliphatic hydroxyl groups is 2. The van der Waals surface area contributed by atoms with Crippen molar-refractivity contribution < 1.29 is 20.1 Å². The number of hydrogen-bond acceptors (Lipinski definition) is 4. The maximum Gasteiger partial charge on any atom is 0.178 e. The van der Waals surface area contributed by atoms with Crippen LogP contribution in [-0.4, -0.2) is 21.6 Å². The second kappa shape index (κ2) is 3.34. The second-order valence-electron chi connectivity index (χ2n) is 2.31. The van der Waals surface area contributed by atoms with Gasteiger partial charge in [0.15, 0.2) is 12.6 Å². The zero-order valence-corrected chi connectivity index (χ0v) is 6.14. The quantitative estimate of drug-likeness (QED) is 0.435. The Kier molecular flexibility index (Phi) is 2.42. The van der Waals surface area contributed by atoms with Crippen LogP contribution in [0.1, 0.15) is 22.2 Å². The van der Waals surface area contributed by atoms with E-state index < -0.39 is 6.29 Å². The van der Waals surface area contributed by atoms with Crippen LogP contribution >= 0.6 is 0 Å². The maximum absolute atomic E-state index is 10.3. The molecule has 4 nitrogen and oxygen atoms in total. The molecule has 0 fully saturated rings. The van der Waals surface area contributed by atoms with Crippen molar-refractivity contribution in [3.63, 3.8) is 0 Å². The first kappa shape index (κ1) is 8.70. The van der Waals surface area contributed by atoms with Crippen LogP contribution < -0.4 is 0 Å². The lowest BCUT2D eigenvalue weighted by molar-refractivity contribution is -0.0425. The molecule has 0 aliphatic rings. The summed E-state index contributed by atoms with van der Waals surface area (Å²) >= 11 is 0. The summed E-state index contributed by atoms with van der Waals surface area (Å²) < 4.78 is 0. The lowest BCUT2D eigenvalue weighted by Gasteiger charge is -2.04. The minimum atomic E-state index is -1.62. The fourth-order valence-electron chi connectivity index (χ4n) is 0.828. The van der Waals surface area contributed by atoms with Gasteiger partial charge in [0, 0.05) is 5.56 Å². The first-order valence-corrected chi connectivity index (χ1v) is 3.29. The van der Waals surface area contributed by atoms with Crippen LogP contribution in [-0.2, 0) is 0 Å². The smallest absolute Gasteiger partial charge is 0.178 e. The van der Waals surface area contributed by atoms with Crippen molar-refractivity contribution in [3.05, 3.63) is 29.3 Å². The van der Waals surface area contributed by atoms with Crippen molar-refractivity contribution in [2.75, 3.05) is 0 Å². The van der Waals surface area contributed by atoms with Crippen molar-refractivity contribution in [3.8, 4) is 5.75 Å². The Morgan fingerprint density at radius 2 is 2.00 bits per heavy atom. The number of benzene rings is 1. The summed E-state index contributed by atoms with van der Waals surface area (Å²) in [6.45, 7) is 0. The molecule has 12 heavy (non-hydrogen) atoms. The van der Waals surface area contributed by atoms with Crippen LogP contribution in [0.4, 0.5) is 0 Å². The summed E-state index contributed by atoms with van der Waals surface area (Å²) in [6.07, 6.45) is -1.18. The topological polar surface area (TPSA) is 77.8 Å². The molecule has 0 spiro atoms. The van der Waals surface area contributed by atoms with Gasteiger partial charge in [-0.05, 0) is 12.1 Å². The number of carbonyl (C=O) groups excluding carboxylic acids is 1. The van der Waals surface area contributed by atoms with Crippen molar-refractivity contribution in [1.29, 1.82) is 0 Å². The van der Waals surface area contributed by atoms with Crippen LogP contribution in [0.2, 0.25) is 0 Å². The average molecular weight is 168 g/mol. The van der Waals surface area contributed by atoms with E-state index in [2.05, 4.69) is 0 Å². The summed E-state index contributed by atoms with van der Waals surface area (Å²) in [4.78, 5) is 10.3. The van der Waals surface area contributed by atoms with Crippen LogP contribution in [0.15, 0.2) is 18.2 Å². The average Bonchev–Trinajstić information content (AvgIpc) is 2.05. The van der Waals surface area contributed by atoms with E-state index in [-0.39, 0.29) is 16.9 Å². The number of aldehydes is 1. The minimum Gasteiger partial charge on any atom is -0.507 e. The highest BCUT2D eigenvalue weighted by atomic mass is 16.5. The molecule has 4 heteroatoms. The molecule has 0 aliphatic carbocycles. The van der Waals surface area contributed by atoms with Crippen molar-refractivity contribution >= 4 is 6.29 Å². The van der Waals surface area contributed by atoms with Crippen molar-refractivity contribution in [2.45, 2.75) is 6.29 Å². The molecule has 64 valence electrons. The van der Waals surface area contributed by atoms with Gasteiger partial charge in [0.2, 0.25) is 0 Å². The molecule has 1 aromatic carbocycles. The number of phenols is 1. The molecule has 0 unspecified atom stereocenters. The first-order valence-electron chi connectivity index (χ1n) is 3.29. The number of aromatic hydroxyl groups is 1. The van der Waals surface area contributed by atoms with Gasteiger partial charge in [-0.15, -0.1) is 0 Å². The van der Waals surface area contributed by atoms with Gasteiger partial charge in [-0.3, -0.25) is 4.79 Å². The molecular formula is C8H8O4. The second-order valence-corrected chi connectivity index (χ2v) is 2.31.